The molecule has 2 aromatic rings. The predicted molar refractivity (Wildman–Crippen MR) is 82.9 cm³/mol. The highest BCUT2D eigenvalue weighted by Crippen LogP contribution is 2.32. The quantitative estimate of drug-likeness (QED) is 0.851. The number of nitrogens with zero attached hydrogens (tertiary/aromatic N) is 2. The summed E-state index contributed by atoms with van der Waals surface area (Å²) in [5.41, 5.74) is 1.03. The van der Waals surface area contributed by atoms with Crippen molar-refractivity contribution < 1.29 is 9.47 Å². The largest absolute Gasteiger partial charge is 0.497 e. The molecule has 1 unspecified atom stereocenters. The number of aromatic nitrogens is 2. The van der Waals surface area contributed by atoms with Crippen molar-refractivity contribution in [3.05, 3.63) is 42.0 Å². The van der Waals surface area contributed by atoms with Gasteiger partial charge in [0.1, 0.15) is 17.3 Å². The van der Waals surface area contributed by atoms with E-state index in [1.807, 2.05) is 42.2 Å². The van der Waals surface area contributed by atoms with Crippen LogP contribution in [-0.4, -0.2) is 30.3 Å². The Morgan fingerprint density at radius 2 is 2.10 bits per heavy atom. The van der Waals surface area contributed by atoms with Gasteiger partial charge in [0.2, 0.25) is 0 Å². The topological polar surface area (TPSA) is 48.3 Å². The minimum Gasteiger partial charge on any atom is -0.497 e. The van der Waals surface area contributed by atoms with E-state index in [1.165, 1.54) is 0 Å². The first-order valence-electron chi connectivity index (χ1n) is 7.13. The highest BCUT2D eigenvalue weighted by Gasteiger charge is 2.22. The molecule has 114 valence electrons. The summed E-state index contributed by atoms with van der Waals surface area (Å²) in [5.74, 6) is 2.59. The third kappa shape index (κ3) is 3.36. The molecule has 0 saturated heterocycles. The normalized spacial score (nSPS) is 12.2. The molecule has 1 aromatic heterocycles. The lowest BCUT2D eigenvalue weighted by atomic mass is 10.0. The fourth-order valence-electron chi connectivity index (χ4n) is 2.35. The number of hydrogen-bond donors (Lipinski definition) is 1. The standard InChI is InChI=1S/C16H23N3O2/c1-5-8-17-15(16-18-9-10-19(16)2)13-11-12(20-3)6-7-14(13)21-4/h6-7,9-11,15,17H,5,8H2,1-4H3. The number of methoxy groups -OCH3 is 2. The molecule has 5 heteroatoms. The Labute approximate surface area is 125 Å². The summed E-state index contributed by atoms with van der Waals surface area (Å²) in [6.45, 7) is 3.04. The molecular formula is C16H23N3O2. The zero-order valence-electron chi connectivity index (χ0n) is 13.1. The Morgan fingerprint density at radius 3 is 2.67 bits per heavy atom. The van der Waals surface area contributed by atoms with Crippen LogP contribution in [0.4, 0.5) is 0 Å². The van der Waals surface area contributed by atoms with Gasteiger partial charge in [-0.2, -0.15) is 0 Å². The van der Waals surface area contributed by atoms with E-state index < -0.39 is 0 Å². The summed E-state index contributed by atoms with van der Waals surface area (Å²) >= 11 is 0. The van der Waals surface area contributed by atoms with Crippen LogP contribution in [0.1, 0.15) is 30.8 Å². The summed E-state index contributed by atoms with van der Waals surface area (Å²) in [6, 6.07) is 5.80. The van der Waals surface area contributed by atoms with Gasteiger partial charge in [-0.25, -0.2) is 4.98 Å². The average molecular weight is 289 g/mol. The van der Waals surface area contributed by atoms with Crippen molar-refractivity contribution in [2.45, 2.75) is 19.4 Å². The van der Waals surface area contributed by atoms with Gasteiger partial charge in [-0.1, -0.05) is 6.92 Å². The maximum absolute atomic E-state index is 5.51. The van der Waals surface area contributed by atoms with Crippen LogP contribution in [0.25, 0.3) is 0 Å². The minimum absolute atomic E-state index is 0.0324. The maximum atomic E-state index is 5.51. The van der Waals surface area contributed by atoms with Gasteiger partial charge in [0.15, 0.2) is 0 Å². The molecule has 1 N–H and O–H groups in total. The van der Waals surface area contributed by atoms with Crippen molar-refractivity contribution >= 4 is 0 Å². The second-order valence-corrected chi connectivity index (χ2v) is 4.89. The number of nitrogens with one attached hydrogen (secondary N) is 1. The number of aryl methyl sites for hydroxylation is 1. The Bertz CT molecular complexity index is 581. The third-order valence-corrected chi connectivity index (χ3v) is 3.46. The molecule has 2 rings (SSSR count). The van der Waals surface area contributed by atoms with Gasteiger partial charge in [-0.3, -0.25) is 0 Å². The van der Waals surface area contributed by atoms with E-state index in [2.05, 4.69) is 17.2 Å². The SMILES string of the molecule is CCCNC(c1cc(OC)ccc1OC)c1nccn1C. The second kappa shape index (κ2) is 7.13. The molecule has 0 amide bonds. The zero-order valence-corrected chi connectivity index (χ0v) is 13.1. The van der Waals surface area contributed by atoms with E-state index in [4.69, 9.17) is 9.47 Å². The molecule has 0 aliphatic heterocycles. The van der Waals surface area contributed by atoms with Crippen LogP contribution in [0.2, 0.25) is 0 Å². The molecule has 0 spiro atoms. The fraction of sp³-hybridized carbons (Fsp3) is 0.438. The van der Waals surface area contributed by atoms with Gasteiger partial charge in [-0.15, -0.1) is 0 Å². The highest BCUT2D eigenvalue weighted by atomic mass is 16.5. The molecular weight excluding hydrogens is 266 g/mol. The number of hydrogen-bond acceptors (Lipinski definition) is 4. The molecule has 0 saturated carbocycles. The summed E-state index contributed by atoms with van der Waals surface area (Å²) in [4.78, 5) is 4.48. The molecule has 0 fully saturated rings. The van der Waals surface area contributed by atoms with Crippen molar-refractivity contribution in [3.8, 4) is 11.5 Å². The Morgan fingerprint density at radius 1 is 1.29 bits per heavy atom. The lowest BCUT2D eigenvalue weighted by Gasteiger charge is -2.21. The van der Waals surface area contributed by atoms with E-state index in [1.54, 1.807) is 14.2 Å². The minimum atomic E-state index is -0.0324. The first-order valence-corrected chi connectivity index (χ1v) is 7.13. The molecule has 0 bridgehead atoms. The van der Waals surface area contributed by atoms with E-state index in [9.17, 15) is 0 Å². The highest BCUT2D eigenvalue weighted by molar-refractivity contribution is 5.44. The number of rotatable bonds is 7. The van der Waals surface area contributed by atoms with E-state index in [0.717, 1.165) is 35.9 Å². The Hall–Kier alpha value is -2.01. The Kier molecular flexibility index (Phi) is 5.22. The van der Waals surface area contributed by atoms with Crippen molar-refractivity contribution in [2.75, 3.05) is 20.8 Å². The van der Waals surface area contributed by atoms with E-state index in [-0.39, 0.29) is 6.04 Å². The molecule has 0 radical (unpaired) electrons. The first kappa shape index (κ1) is 15.4. The molecule has 0 aliphatic carbocycles. The first-order chi connectivity index (χ1) is 10.2. The fourth-order valence-corrected chi connectivity index (χ4v) is 2.35. The molecule has 5 nitrogen and oxygen atoms in total. The zero-order chi connectivity index (χ0) is 15.2. The van der Waals surface area contributed by atoms with Gasteiger partial charge < -0.3 is 19.4 Å². The van der Waals surface area contributed by atoms with Crippen LogP contribution in [0.15, 0.2) is 30.6 Å². The molecule has 1 atom stereocenters. The van der Waals surface area contributed by atoms with Crippen molar-refractivity contribution in [3.63, 3.8) is 0 Å². The monoisotopic (exact) mass is 289 g/mol. The summed E-state index contributed by atoms with van der Waals surface area (Å²) in [6.07, 6.45) is 4.80. The van der Waals surface area contributed by atoms with Crippen LogP contribution in [-0.2, 0) is 7.05 Å². The van der Waals surface area contributed by atoms with Gasteiger partial charge in [-0.05, 0) is 31.2 Å². The van der Waals surface area contributed by atoms with Crippen molar-refractivity contribution in [1.29, 1.82) is 0 Å². The lowest BCUT2D eigenvalue weighted by molar-refractivity contribution is 0.392. The second-order valence-electron chi connectivity index (χ2n) is 4.89. The van der Waals surface area contributed by atoms with Crippen LogP contribution in [0, 0.1) is 0 Å². The van der Waals surface area contributed by atoms with Crippen LogP contribution in [0.5, 0.6) is 11.5 Å². The predicted octanol–water partition coefficient (Wildman–Crippen LogP) is 2.53. The summed E-state index contributed by atoms with van der Waals surface area (Å²) in [5, 5.41) is 3.54. The summed E-state index contributed by atoms with van der Waals surface area (Å²) < 4.78 is 12.9. The van der Waals surface area contributed by atoms with Gasteiger partial charge in [0.05, 0.1) is 20.3 Å². The number of ether oxygens (including phenoxy) is 2. The smallest absolute Gasteiger partial charge is 0.130 e. The number of imidazole rings is 1. The van der Waals surface area contributed by atoms with Crippen LogP contribution in [0.3, 0.4) is 0 Å². The third-order valence-electron chi connectivity index (χ3n) is 3.46. The van der Waals surface area contributed by atoms with Crippen LogP contribution >= 0.6 is 0 Å². The van der Waals surface area contributed by atoms with Crippen LogP contribution < -0.4 is 14.8 Å². The summed E-state index contributed by atoms with van der Waals surface area (Å²) in [7, 11) is 5.34. The van der Waals surface area contributed by atoms with Gasteiger partial charge in [0, 0.05) is 25.0 Å². The van der Waals surface area contributed by atoms with E-state index in [0.29, 0.717) is 0 Å². The van der Waals surface area contributed by atoms with E-state index >= 15 is 0 Å². The average Bonchev–Trinajstić information content (AvgIpc) is 2.93. The molecule has 0 aliphatic rings. The molecule has 1 aromatic carbocycles. The van der Waals surface area contributed by atoms with Crippen molar-refractivity contribution in [1.82, 2.24) is 14.9 Å². The van der Waals surface area contributed by atoms with Crippen molar-refractivity contribution in [2.24, 2.45) is 7.05 Å². The number of benzene rings is 1. The molecule has 1 heterocycles. The van der Waals surface area contributed by atoms with Gasteiger partial charge >= 0.3 is 0 Å². The Balaban J connectivity index is 2.47. The lowest BCUT2D eigenvalue weighted by Crippen LogP contribution is -2.26. The molecule has 21 heavy (non-hydrogen) atoms. The van der Waals surface area contributed by atoms with Gasteiger partial charge in [0.25, 0.3) is 0 Å². The maximum Gasteiger partial charge on any atom is 0.130 e.